The van der Waals surface area contributed by atoms with Crippen molar-refractivity contribution in [3.63, 3.8) is 0 Å². The molecule has 0 bridgehead atoms. The van der Waals surface area contributed by atoms with Crippen LogP contribution in [0, 0.1) is 6.92 Å². The lowest BCUT2D eigenvalue weighted by Crippen LogP contribution is -2.35. The van der Waals surface area contributed by atoms with Crippen LogP contribution in [0.2, 0.25) is 5.02 Å². The van der Waals surface area contributed by atoms with Crippen molar-refractivity contribution in [1.29, 1.82) is 0 Å². The summed E-state index contributed by atoms with van der Waals surface area (Å²) >= 11 is 6.08. The van der Waals surface area contributed by atoms with Crippen LogP contribution in [0.1, 0.15) is 23.1 Å². The molecule has 0 aliphatic carbocycles. The standard InChI is InChI=1S/C15H15ClN2O4/c1-9-7-10(18-22-9)8-13(19)17-14(15(20)21-2)11-5-3-4-6-12(11)16/h3-7,14H,8H2,1-2H3,(H,17,19). The third-order valence-corrected chi connectivity index (χ3v) is 3.32. The normalized spacial score (nSPS) is 11.8. The summed E-state index contributed by atoms with van der Waals surface area (Å²) < 4.78 is 9.63. The van der Waals surface area contributed by atoms with Gasteiger partial charge in [-0.25, -0.2) is 4.79 Å². The monoisotopic (exact) mass is 322 g/mol. The van der Waals surface area contributed by atoms with Gasteiger partial charge in [-0.3, -0.25) is 4.79 Å². The van der Waals surface area contributed by atoms with Gasteiger partial charge in [0.15, 0.2) is 6.04 Å². The fourth-order valence-electron chi connectivity index (χ4n) is 1.97. The highest BCUT2D eigenvalue weighted by molar-refractivity contribution is 6.31. The molecular weight excluding hydrogens is 308 g/mol. The van der Waals surface area contributed by atoms with Crippen LogP contribution in [0.5, 0.6) is 0 Å². The molecule has 1 heterocycles. The van der Waals surface area contributed by atoms with Crippen LogP contribution >= 0.6 is 11.6 Å². The van der Waals surface area contributed by atoms with E-state index in [0.29, 0.717) is 22.0 Å². The smallest absolute Gasteiger partial charge is 0.333 e. The maximum atomic E-state index is 12.1. The molecule has 7 heteroatoms. The second-order valence-electron chi connectivity index (χ2n) is 4.65. The van der Waals surface area contributed by atoms with Crippen molar-refractivity contribution in [1.82, 2.24) is 10.5 Å². The highest BCUT2D eigenvalue weighted by Crippen LogP contribution is 2.23. The van der Waals surface area contributed by atoms with Crippen LogP contribution in [-0.4, -0.2) is 24.1 Å². The molecule has 1 N–H and O–H groups in total. The number of hydrogen-bond donors (Lipinski definition) is 1. The first-order valence-corrected chi connectivity index (χ1v) is 6.93. The number of carbonyl (C=O) groups is 2. The van der Waals surface area contributed by atoms with Gasteiger partial charge in [-0.05, 0) is 13.0 Å². The number of ether oxygens (including phenoxy) is 1. The number of nitrogens with zero attached hydrogens (tertiary/aromatic N) is 1. The van der Waals surface area contributed by atoms with Crippen molar-refractivity contribution < 1.29 is 18.8 Å². The van der Waals surface area contributed by atoms with Crippen LogP contribution in [0.3, 0.4) is 0 Å². The summed E-state index contributed by atoms with van der Waals surface area (Å²) in [5, 5.41) is 6.71. The quantitative estimate of drug-likeness (QED) is 0.853. The van der Waals surface area contributed by atoms with Crippen LogP contribution in [-0.2, 0) is 20.7 Å². The first-order chi connectivity index (χ1) is 10.5. The van der Waals surface area contributed by atoms with E-state index in [9.17, 15) is 9.59 Å². The van der Waals surface area contributed by atoms with Crippen molar-refractivity contribution in [3.05, 3.63) is 52.4 Å². The zero-order valence-corrected chi connectivity index (χ0v) is 12.9. The number of rotatable bonds is 5. The molecule has 22 heavy (non-hydrogen) atoms. The lowest BCUT2D eigenvalue weighted by Gasteiger charge is -2.17. The molecule has 1 aromatic carbocycles. The van der Waals surface area contributed by atoms with Gasteiger partial charge in [0.1, 0.15) is 5.76 Å². The Labute approximate surface area is 132 Å². The van der Waals surface area contributed by atoms with E-state index in [2.05, 4.69) is 10.5 Å². The molecule has 2 aromatic rings. The number of hydrogen-bond acceptors (Lipinski definition) is 5. The van der Waals surface area contributed by atoms with E-state index in [1.807, 2.05) is 0 Å². The van der Waals surface area contributed by atoms with E-state index in [1.165, 1.54) is 7.11 Å². The largest absolute Gasteiger partial charge is 0.467 e. The van der Waals surface area contributed by atoms with Gasteiger partial charge in [-0.1, -0.05) is 35.0 Å². The predicted octanol–water partition coefficient (Wildman–Crippen LogP) is 2.21. The van der Waals surface area contributed by atoms with Gasteiger partial charge in [-0.2, -0.15) is 0 Å². The maximum absolute atomic E-state index is 12.1. The number of benzene rings is 1. The summed E-state index contributed by atoms with van der Waals surface area (Å²) in [7, 11) is 1.25. The highest BCUT2D eigenvalue weighted by atomic mass is 35.5. The van der Waals surface area contributed by atoms with Gasteiger partial charge in [-0.15, -0.1) is 0 Å². The van der Waals surface area contributed by atoms with Crippen molar-refractivity contribution >= 4 is 23.5 Å². The second-order valence-corrected chi connectivity index (χ2v) is 5.06. The zero-order chi connectivity index (χ0) is 16.1. The van der Waals surface area contributed by atoms with E-state index in [-0.39, 0.29) is 12.3 Å². The minimum atomic E-state index is -0.973. The van der Waals surface area contributed by atoms with Gasteiger partial charge < -0.3 is 14.6 Å². The topological polar surface area (TPSA) is 81.4 Å². The molecule has 0 fully saturated rings. The van der Waals surface area contributed by atoms with E-state index in [0.717, 1.165) is 0 Å². The first kappa shape index (κ1) is 16.0. The lowest BCUT2D eigenvalue weighted by molar-refractivity contribution is -0.145. The number of halogens is 1. The zero-order valence-electron chi connectivity index (χ0n) is 12.1. The second kappa shape index (κ2) is 7.09. The number of aromatic nitrogens is 1. The lowest BCUT2D eigenvalue weighted by atomic mass is 10.1. The summed E-state index contributed by atoms with van der Waals surface area (Å²) in [6.07, 6.45) is -0.00468. The van der Waals surface area contributed by atoms with E-state index >= 15 is 0 Å². The minimum Gasteiger partial charge on any atom is -0.467 e. The Kier molecular flexibility index (Phi) is 5.16. The molecule has 0 aliphatic heterocycles. The molecule has 0 radical (unpaired) electrons. The van der Waals surface area contributed by atoms with Crippen molar-refractivity contribution in [2.45, 2.75) is 19.4 Å². The Bertz CT molecular complexity index is 684. The highest BCUT2D eigenvalue weighted by Gasteiger charge is 2.25. The molecule has 1 atom stereocenters. The molecule has 1 aromatic heterocycles. The van der Waals surface area contributed by atoms with Gasteiger partial charge in [0.05, 0.1) is 19.2 Å². The summed E-state index contributed by atoms with van der Waals surface area (Å²) in [4.78, 5) is 24.0. The molecule has 2 rings (SSSR count). The first-order valence-electron chi connectivity index (χ1n) is 6.55. The fourth-order valence-corrected chi connectivity index (χ4v) is 2.21. The molecule has 1 amide bonds. The third-order valence-electron chi connectivity index (χ3n) is 2.98. The molecule has 0 saturated heterocycles. The SMILES string of the molecule is COC(=O)C(NC(=O)Cc1cc(C)on1)c1ccccc1Cl. The number of esters is 1. The van der Waals surface area contributed by atoms with E-state index < -0.39 is 12.0 Å². The molecule has 1 unspecified atom stereocenters. The van der Waals surface area contributed by atoms with Crippen LogP contribution < -0.4 is 5.32 Å². The average Bonchev–Trinajstić information content (AvgIpc) is 2.90. The molecule has 0 saturated carbocycles. The van der Waals surface area contributed by atoms with Gasteiger partial charge in [0.25, 0.3) is 0 Å². The maximum Gasteiger partial charge on any atom is 0.333 e. The minimum absolute atomic E-state index is 0.00468. The number of nitrogens with one attached hydrogen (secondary N) is 1. The molecule has 0 spiro atoms. The Morgan fingerprint density at radius 2 is 2.14 bits per heavy atom. The summed E-state index contributed by atoms with van der Waals surface area (Å²) in [5.74, 6) is -0.375. The molecular formula is C15H15ClN2O4. The third kappa shape index (κ3) is 3.85. The van der Waals surface area contributed by atoms with Crippen molar-refractivity contribution in [2.24, 2.45) is 0 Å². The number of methoxy groups -OCH3 is 1. The van der Waals surface area contributed by atoms with Gasteiger partial charge in [0.2, 0.25) is 5.91 Å². The molecule has 0 aliphatic rings. The summed E-state index contributed by atoms with van der Waals surface area (Å²) in [6, 6.07) is 7.44. The fraction of sp³-hybridized carbons (Fsp3) is 0.267. The molecule has 6 nitrogen and oxygen atoms in total. The predicted molar refractivity (Wildman–Crippen MR) is 79.3 cm³/mol. The van der Waals surface area contributed by atoms with Gasteiger partial charge in [0, 0.05) is 16.7 Å². The van der Waals surface area contributed by atoms with Crippen LogP contribution in [0.25, 0.3) is 0 Å². The average molecular weight is 323 g/mol. The van der Waals surface area contributed by atoms with E-state index in [4.69, 9.17) is 20.9 Å². The Morgan fingerprint density at radius 1 is 1.41 bits per heavy atom. The number of carbonyl (C=O) groups excluding carboxylic acids is 2. The number of aryl methyl sites for hydroxylation is 1. The van der Waals surface area contributed by atoms with E-state index in [1.54, 1.807) is 37.3 Å². The van der Waals surface area contributed by atoms with Gasteiger partial charge >= 0.3 is 5.97 Å². The Balaban J connectivity index is 2.15. The summed E-state index contributed by atoms with van der Waals surface area (Å²) in [5.41, 5.74) is 0.957. The Hall–Kier alpha value is -2.34. The Morgan fingerprint density at radius 3 is 2.73 bits per heavy atom. The molecule has 116 valence electrons. The van der Waals surface area contributed by atoms with Crippen LogP contribution in [0.4, 0.5) is 0 Å². The number of amides is 1. The van der Waals surface area contributed by atoms with Crippen LogP contribution in [0.15, 0.2) is 34.9 Å². The summed E-state index contributed by atoms with van der Waals surface area (Å²) in [6.45, 7) is 1.73. The van der Waals surface area contributed by atoms with Crippen molar-refractivity contribution in [3.8, 4) is 0 Å². The van der Waals surface area contributed by atoms with Crippen molar-refractivity contribution in [2.75, 3.05) is 7.11 Å².